The second kappa shape index (κ2) is 5.78. The molecule has 3 rings (SSSR count). The summed E-state index contributed by atoms with van der Waals surface area (Å²) < 4.78 is 21.9. The maximum atomic E-state index is 14.1. The van der Waals surface area contributed by atoms with Crippen molar-refractivity contribution in [2.75, 3.05) is 0 Å². The molecule has 4 heteroatoms. The Labute approximate surface area is 127 Å². The van der Waals surface area contributed by atoms with E-state index >= 15 is 0 Å². The van der Waals surface area contributed by atoms with Crippen molar-refractivity contribution in [3.05, 3.63) is 65.1 Å². The van der Waals surface area contributed by atoms with Gasteiger partial charge in [-0.1, -0.05) is 29.8 Å². The highest BCUT2D eigenvalue weighted by Gasteiger charge is 2.12. The van der Waals surface area contributed by atoms with Gasteiger partial charge in [0.15, 0.2) is 0 Å². The lowest BCUT2D eigenvalue weighted by Crippen LogP contribution is -1.96. The number of fused-ring (bicyclic) bond motifs is 1. The summed E-state index contributed by atoms with van der Waals surface area (Å²) in [6.07, 6.45) is 1.94. The predicted octanol–water partition coefficient (Wildman–Crippen LogP) is 5.03. The highest BCUT2D eigenvalue weighted by atomic mass is 35.5. The third-order valence-electron chi connectivity index (χ3n) is 3.49. The van der Waals surface area contributed by atoms with Gasteiger partial charge in [-0.2, -0.15) is 0 Å². The molecule has 108 valence electrons. The molecule has 0 spiro atoms. The monoisotopic (exact) mass is 303 g/mol. The molecule has 0 aliphatic rings. The number of hydrogen-bond acceptors (Lipinski definition) is 1. The fraction of sp³-hybridized carbons (Fsp3) is 0.176. The van der Waals surface area contributed by atoms with E-state index in [-0.39, 0.29) is 12.4 Å². The van der Waals surface area contributed by atoms with Crippen LogP contribution < -0.4 is 4.74 Å². The Balaban J connectivity index is 1.96. The SMILES string of the molecule is CCn1cc(COc2ccccc2Cl)c2c(F)cccc21. The van der Waals surface area contributed by atoms with Crippen molar-refractivity contribution in [2.45, 2.75) is 20.1 Å². The fourth-order valence-electron chi connectivity index (χ4n) is 2.48. The van der Waals surface area contributed by atoms with Gasteiger partial charge in [0.05, 0.1) is 10.5 Å². The first kappa shape index (κ1) is 14.0. The van der Waals surface area contributed by atoms with Gasteiger partial charge in [-0.15, -0.1) is 0 Å². The summed E-state index contributed by atoms with van der Waals surface area (Å²) in [6.45, 7) is 3.10. The Hall–Kier alpha value is -2.00. The van der Waals surface area contributed by atoms with Gasteiger partial charge in [0, 0.05) is 23.7 Å². The lowest BCUT2D eigenvalue weighted by molar-refractivity contribution is 0.307. The van der Waals surface area contributed by atoms with Crippen LogP contribution >= 0.6 is 11.6 Å². The molecule has 0 aliphatic heterocycles. The highest BCUT2D eigenvalue weighted by Crippen LogP contribution is 2.28. The van der Waals surface area contributed by atoms with Crippen LogP contribution in [0.5, 0.6) is 5.75 Å². The Morgan fingerprint density at radius 3 is 2.71 bits per heavy atom. The average Bonchev–Trinajstić information content (AvgIpc) is 2.86. The largest absolute Gasteiger partial charge is 0.487 e. The molecule has 0 bridgehead atoms. The molecule has 1 aromatic heterocycles. The van der Waals surface area contributed by atoms with Gasteiger partial charge in [-0.05, 0) is 31.2 Å². The fourth-order valence-corrected chi connectivity index (χ4v) is 2.67. The molecule has 0 amide bonds. The zero-order chi connectivity index (χ0) is 14.8. The molecule has 21 heavy (non-hydrogen) atoms. The maximum Gasteiger partial charge on any atom is 0.138 e. The number of aryl methyl sites for hydroxylation is 1. The normalized spacial score (nSPS) is 11.0. The quantitative estimate of drug-likeness (QED) is 0.659. The molecule has 0 aliphatic carbocycles. The van der Waals surface area contributed by atoms with E-state index in [0.717, 1.165) is 17.6 Å². The lowest BCUT2D eigenvalue weighted by atomic mass is 10.2. The minimum atomic E-state index is -0.225. The number of aromatic nitrogens is 1. The molecule has 1 heterocycles. The number of para-hydroxylation sites is 1. The summed E-state index contributed by atoms with van der Waals surface area (Å²) >= 11 is 6.07. The number of halogens is 2. The summed E-state index contributed by atoms with van der Waals surface area (Å²) in [5, 5.41) is 1.17. The Kier molecular flexibility index (Phi) is 3.84. The Morgan fingerprint density at radius 1 is 1.14 bits per heavy atom. The number of nitrogens with zero attached hydrogens (tertiary/aromatic N) is 1. The van der Waals surface area contributed by atoms with Crippen molar-refractivity contribution in [2.24, 2.45) is 0 Å². The minimum Gasteiger partial charge on any atom is -0.487 e. The van der Waals surface area contributed by atoms with Crippen molar-refractivity contribution in [3.8, 4) is 5.75 Å². The molecule has 0 atom stereocenters. The summed E-state index contributed by atoms with van der Waals surface area (Å²) in [5.41, 5.74) is 1.71. The van der Waals surface area contributed by atoms with Crippen LogP contribution in [0.1, 0.15) is 12.5 Å². The van der Waals surface area contributed by atoms with Crippen LogP contribution in [0.15, 0.2) is 48.7 Å². The van der Waals surface area contributed by atoms with Crippen LogP contribution in [0.25, 0.3) is 10.9 Å². The van der Waals surface area contributed by atoms with Crippen LogP contribution in [-0.4, -0.2) is 4.57 Å². The van der Waals surface area contributed by atoms with Crippen molar-refractivity contribution in [3.63, 3.8) is 0 Å². The first-order valence-corrected chi connectivity index (χ1v) is 7.22. The average molecular weight is 304 g/mol. The van der Waals surface area contributed by atoms with Gasteiger partial charge in [0.2, 0.25) is 0 Å². The first-order valence-electron chi connectivity index (χ1n) is 6.84. The number of ether oxygens (including phenoxy) is 1. The van der Waals surface area contributed by atoms with Gasteiger partial charge < -0.3 is 9.30 Å². The van der Waals surface area contributed by atoms with E-state index in [1.165, 1.54) is 6.07 Å². The van der Waals surface area contributed by atoms with E-state index in [4.69, 9.17) is 16.3 Å². The summed E-state index contributed by atoms with van der Waals surface area (Å²) in [7, 11) is 0. The third-order valence-corrected chi connectivity index (χ3v) is 3.81. The van der Waals surface area contributed by atoms with Crippen LogP contribution in [-0.2, 0) is 13.2 Å². The first-order chi connectivity index (χ1) is 10.2. The van der Waals surface area contributed by atoms with Crippen molar-refractivity contribution in [1.82, 2.24) is 4.57 Å². The standard InChI is InChI=1S/C17H15ClFNO/c1-2-20-10-12(17-14(19)7-5-8-15(17)20)11-21-16-9-4-3-6-13(16)18/h3-10H,2,11H2,1H3. The van der Waals surface area contributed by atoms with E-state index in [2.05, 4.69) is 0 Å². The molecule has 0 saturated heterocycles. The minimum absolute atomic E-state index is 0.225. The molecule has 0 radical (unpaired) electrons. The van der Waals surface area contributed by atoms with Crippen molar-refractivity contribution < 1.29 is 9.13 Å². The van der Waals surface area contributed by atoms with E-state index < -0.39 is 0 Å². The zero-order valence-electron chi connectivity index (χ0n) is 11.6. The summed E-state index contributed by atoms with van der Waals surface area (Å²) in [4.78, 5) is 0. The van der Waals surface area contributed by atoms with Crippen molar-refractivity contribution >= 4 is 22.5 Å². The number of hydrogen-bond donors (Lipinski definition) is 0. The van der Waals surface area contributed by atoms with Crippen LogP contribution in [0.2, 0.25) is 5.02 Å². The van der Waals surface area contributed by atoms with Gasteiger partial charge in [0.25, 0.3) is 0 Å². The molecule has 0 fully saturated rings. The van der Waals surface area contributed by atoms with Gasteiger partial charge in [0.1, 0.15) is 18.2 Å². The lowest BCUT2D eigenvalue weighted by Gasteiger charge is -2.07. The van der Waals surface area contributed by atoms with Crippen LogP contribution in [0, 0.1) is 5.82 Å². The second-order valence-corrected chi connectivity index (χ2v) is 5.20. The molecule has 0 saturated carbocycles. The second-order valence-electron chi connectivity index (χ2n) is 4.79. The molecule has 0 N–H and O–H groups in total. The molecular formula is C17H15ClFNO. The topological polar surface area (TPSA) is 14.2 Å². The molecule has 3 aromatic rings. The predicted molar refractivity (Wildman–Crippen MR) is 83.4 cm³/mol. The number of benzene rings is 2. The highest BCUT2D eigenvalue weighted by molar-refractivity contribution is 6.32. The van der Waals surface area contributed by atoms with Crippen LogP contribution in [0.3, 0.4) is 0 Å². The molecule has 2 nitrogen and oxygen atoms in total. The Morgan fingerprint density at radius 2 is 1.95 bits per heavy atom. The third kappa shape index (κ3) is 2.61. The molecule has 2 aromatic carbocycles. The van der Waals surface area contributed by atoms with E-state index in [0.29, 0.717) is 16.2 Å². The maximum absolute atomic E-state index is 14.1. The van der Waals surface area contributed by atoms with Crippen LogP contribution in [0.4, 0.5) is 4.39 Å². The van der Waals surface area contributed by atoms with Gasteiger partial charge in [-0.3, -0.25) is 0 Å². The van der Waals surface area contributed by atoms with Gasteiger partial charge in [-0.25, -0.2) is 4.39 Å². The molecular weight excluding hydrogens is 289 g/mol. The van der Waals surface area contributed by atoms with E-state index in [1.807, 2.05) is 35.9 Å². The Bertz CT molecular complexity index is 782. The van der Waals surface area contributed by atoms with Crippen molar-refractivity contribution in [1.29, 1.82) is 0 Å². The smallest absolute Gasteiger partial charge is 0.138 e. The van der Waals surface area contributed by atoms with E-state index in [9.17, 15) is 4.39 Å². The van der Waals surface area contributed by atoms with E-state index in [1.54, 1.807) is 18.2 Å². The summed E-state index contributed by atoms with van der Waals surface area (Å²) in [5.74, 6) is 0.380. The zero-order valence-corrected chi connectivity index (χ0v) is 12.4. The number of rotatable bonds is 4. The summed E-state index contributed by atoms with van der Waals surface area (Å²) in [6, 6.07) is 12.4. The van der Waals surface area contributed by atoms with Gasteiger partial charge >= 0.3 is 0 Å². The molecule has 0 unspecified atom stereocenters.